The Morgan fingerprint density at radius 1 is 1.17 bits per heavy atom. The lowest BCUT2D eigenvalue weighted by Crippen LogP contribution is -2.49. The van der Waals surface area contributed by atoms with E-state index in [0.29, 0.717) is 5.92 Å². The molecule has 122 valence electrons. The van der Waals surface area contributed by atoms with E-state index >= 15 is 0 Å². The number of hydrogen-bond acceptors (Lipinski definition) is 2. The zero-order valence-corrected chi connectivity index (χ0v) is 14.2. The van der Waals surface area contributed by atoms with E-state index in [4.69, 9.17) is 4.74 Å². The molecule has 23 heavy (non-hydrogen) atoms. The third-order valence-corrected chi connectivity index (χ3v) is 7.71. The number of ether oxygens (including phenoxy) is 1. The molecule has 1 aromatic carbocycles. The van der Waals surface area contributed by atoms with Gasteiger partial charge in [-0.25, -0.2) is 0 Å². The van der Waals surface area contributed by atoms with Crippen LogP contribution < -0.4 is 4.74 Å². The number of aryl methyl sites for hydroxylation is 1. The maximum Gasteiger partial charge on any atom is 0.119 e. The van der Waals surface area contributed by atoms with Crippen LogP contribution in [0.15, 0.2) is 23.8 Å². The molecule has 2 heteroatoms. The first-order valence-corrected chi connectivity index (χ1v) is 9.17. The summed E-state index contributed by atoms with van der Waals surface area (Å²) in [6.07, 6.45) is 7.89. The van der Waals surface area contributed by atoms with E-state index in [2.05, 4.69) is 25.1 Å². The van der Waals surface area contributed by atoms with Gasteiger partial charge in [0.05, 0.1) is 12.7 Å². The first kappa shape index (κ1) is 14.1. The molecule has 1 aromatic rings. The van der Waals surface area contributed by atoms with Crippen molar-refractivity contribution >= 4 is 5.57 Å². The molecule has 0 amide bonds. The van der Waals surface area contributed by atoms with E-state index in [0.717, 1.165) is 43.8 Å². The van der Waals surface area contributed by atoms with Crippen molar-refractivity contribution in [3.63, 3.8) is 0 Å². The molecule has 0 radical (unpaired) electrons. The van der Waals surface area contributed by atoms with E-state index in [1.165, 1.54) is 24.0 Å². The van der Waals surface area contributed by atoms with E-state index in [1.54, 1.807) is 18.3 Å². The molecule has 0 heterocycles. The van der Waals surface area contributed by atoms with Crippen LogP contribution in [0.25, 0.3) is 5.57 Å². The molecule has 2 bridgehead atoms. The van der Waals surface area contributed by atoms with Gasteiger partial charge in [-0.15, -0.1) is 0 Å². The fourth-order valence-corrected chi connectivity index (χ4v) is 6.55. The minimum Gasteiger partial charge on any atom is -0.497 e. The molecule has 0 unspecified atom stereocenters. The second-order valence-corrected chi connectivity index (χ2v) is 8.46. The molecule has 2 nitrogen and oxygen atoms in total. The molecule has 0 aromatic heterocycles. The topological polar surface area (TPSA) is 29.5 Å². The highest BCUT2D eigenvalue weighted by molar-refractivity contribution is 5.75. The summed E-state index contributed by atoms with van der Waals surface area (Å²) < 4.78 is 5.41. The Morgan fingerprint density at radius 2 is 2.04 bits per heavy atom. The van der Waals surface area contributed by atoms with Gasteiger partial charge in [-0.05, 0) is 85.6 Å². The van der Waals surface area contributed by atoms with Gasteiger partial charge in [-0.3, -0.25) is 0 Å². The van der Waals surface area contributed by atoms with Gasteiger partial charge in [-0.2, -0.15) is 0 Å². The van der Waals surface area contributed by atoms with Gasteiger partial charge in [0.25, 0.3) is 0 Å². The van der Waals surface area contributed by atoms with E-state index in [-0.39, 0.29) is 11.0 Å². The van der Waals surface area contributed by atoms with Crippen LogP contribution >= 0.6 is 0 Å². The van der Waals surface area contributed by atoms with Crippen LogP contribution in [0.2, 0.25) is 0 Å². The molecule has 2 fully saturated rings. The molecule has 4 aliphatic carbocycles. The largest absolute Gasteiger partial charge is 0.497 e. The summed E-state index contributed by atoms with van der Waals surface area (Å²) in [5, 5.41) is 11.2. The summed E-state index contributed by atoms with van der Waals surface area (Å²) in [5.74, 6) is 2.32. The molecule has 0 spiro atoms. The summed E-state index contributed by atoms with van der Waals surface area (Å²) in [6.45, 7) is 2.38. The van der Waals surface area contributed by atoms with Crippen molar-refractivity contribution in [1.82, 2.24) is 0 Å². The first-order chi connectivity index (χ1) is 11.1. The van der Waals surface area contributed by atoms with Crippen molar-refractivity contribution in [2.24, 2.45) is 17.3 Å². The minimum absolute atomic E-state index is 0.124. The standard InChI is InChI=1S/C21H26O2/c1-20-9-8-17-16-6-4-15(23-2)11-13(16)3-5-18(17)19(20)14-7-10-21(20,22)12-14/h4,6,11,14,19,22H,3,5,7-10,12H2,1-2H3/t14-,19+,20-,21+/m0/s1. The molecular formula is C21H26O2. The van der Waals surface area contributed by atoms with Crippen molar-refractivity contribution in [2.45, 2.75) is 57.5 Å². The molecular weight excluding hydrogens is 284 g/mol. The average Bonchev–Trinajstić information content (AvgIpc) is 3.06. The van der Waals surface area contributed by atoms with Crippen LogP contribution in [0.3, 0.4) is 0 Å². The van der Waals surface area contributed by atoms with Crippen LogP contribution in [0, 0.1) is 17.3 Å². The summed E-state index contributed by atoms with van der Waals surface area (Å²) in [6, 6.07) is 6.60. The Bertz CT molecular complexity index is 719. The van der Waals surface area contributed by atoms with Crippen LogP contribution in [-0.2, 0) is 6.42 Å². The minimum atomic E-state index is -0.388. The zero-order valence-electron chi connectivity index (χ0n) is 14.2. The molecule has 2 saturated carbocycles. The monoisotopic (exact) mass is 310 g/mol. The summed E-state index contributed by atoms with van der Waals surface area (Å²) in [7, 11) is 1.75. The lowest BCUT2D eigenvalue weighted by molar-refractivity contribution is -0.0808. The highest BCUT2D eigenvalue weighted by Gasteiger charge is 2.65. The molecule has 5 rings (SSSR count). The van der Waals surface area contributed by atoms with Crippen LogP contribution in [-0.4, -0.2) is 17.8 Å². The Hall–Kier alpha value is -1.28. The average molecular weight is 310 g/mol. The number of allylic oxidation sites excluding steroid dienone is 2. The van der Waals surface area contributed by atoms with Crippen molar-refractivity contribution in [2.75, 3.05) is 7.11 Å². The number of fused-ring (bicyclic) bond motifs is 8. The third-order valence-electron chi connectivity index (χ3n) is 7.71. The van der Waals surface area contributed by atoms with Crippen LogP contribution in [0.5, 0.6) is 5.75 Å². The second kappa shape index (κ2) is 4.42. The number of methoxy groups -OCH3 is 1. The second-order valence-electron chi connectivity index (χ2n) is 8.46. The maximum atomic E-state index is 11.2. The Morgan fingerprint density at radius 3 is 2.87 bits per heavy atom. The van der Waals surface area contributed by atoms with Crippen molar-refractivity contribution in [3.05, 3.63) is 34.9 Å². The first-order valence-electron chi connectivity index (χ1n) is 9.17. The number of rotatable bonds is 1. The lowest BCUT2D eigenvalue weighted by Gasteiger charge is -2.51. The molecule has 4 atom stereocenters. The highest BCUT2D eigenvalue weighted by Crippen LogP contribution is 2.69. The fraction of sp³-hybridized carbons (Fsp3) is 0.619. The zero-order chi connectivity index (χ0) is 15.8. The third kappa shape index (κ3) is 1.63. The lowest BCUT2D eigenvalue weighted by atomic mass is 9.55. The summed E-state index contributed by atoms with van der Waals surface area (Å²) in [5.41, 5.74) is 5.95. The van der Waals surface area contributed by atoms with Crippen LogP contribution in [0.1, 0.15) is 56.6 Å². The number of aliphatic hydroxyl groups is 1. The van der Waals surface area contributed by atoms with Gasteiger partial charge in [-0.1, -0.05) is 18.6 Å². The predicted molar refractivity (Wildman–Crippen MR) is 91.4 cm³/mol. The predicted octanol–water partition coefficient (Wildman–Crippen LogP) is 4.36. The number of hydrogen-bond donors (Lipinski definition) is 1. The SMILES string of the molecule is COc1ccc2c(c1)CCC1=C2CC[C@@]2(C)[C@@H]1[C@H]1CC[C@@]2(O)C1. The summed E-state index contributed by atoms with van der Waals surface area (Å²) in [4.78, 5) is 0. The highest BCUT2D eigenvalue weighted by atomic mass is 16.5. The summed E-state index contributed by atoms with van der Waals surface area (Å²) >= 11 is 0. The maximum absolute atomic E-state index is 11.2. The van der Waals surface area contributed by atoms with Gasteiger partial charge in [0.2, 0.25) is 0 Å². The Kier molecular flexibility index (Phi) is 2.71. The molecule has 1 N–H and O–H groups in total. The molecule has 0 aliphatic heterocycles. The van der Waals surface area contributed by atoms with Gasteiger partial charge >= 0.3 is 0 Å². The van der Waals surface area contributed by atoms with Crippen LogP contribution in [0.4, 0.5) is 0 Å². The van der Waals surface area contributed by atoms with Crippen molar-refractivity contribution in [1.29, 1.82) is 0 Å². The fourth-order valence-electron chi connectivity index (χ4n) is 6.55. The van der Waals surface area contributed by atoms with Gasteiger partial charge in [0.1, 0.15) is 5.75 Å². The quantitative estimate of drug-likeness (QED) is 0.835. The van der Waals surface area contributed by atoms with E-state index in [9.17, 15) is 5.11 Å². The van der Waals surface area contributed by atoms with E-state index in [1.807, 2.05) is 0 Å². The Balaban J connectivity index is 1.63. The van der Waals surface area contributed by atoms with Gasteiger partial charge in [0, 0.05) is 5.41 Å². The van der Waals surface area contributed by atoms with E-state index < -0.39 is 0 Å². The van der Waals surface area contributed by atoms with Gasteiger partial charge in [0.15, 0.2) is 0 Å². The normalized spacial score (nSPS) is 40.7. The number of benzene rings is 1. The van der Waals surface area contributed by atoms with Crippen molar-refractivity contribution < 1.29 is 9.84 Å². The smallest absolute Gasteiger partial charge is 0.119 e. The van der Waals surface area contributed by atoms with Crippen molar-refractivity contribution in [3.8, 4) is 5.75 Å². The Labute approximate surface area is 138 Å². The molecule has 0 saturated heterocycles. The molecule has 4 aliphatic rings. The van der Waals surface area contributed by atoms with Gasteiger partial charge < -0.3 is 9.84 Å².